The van der Waals surface area contributed by atoms with Gasteiger partial charge in [0.1, 0.15) is 6.54 Å². The number of para-hydroxylation sites is 1. The lowest BCUT2D eigenvalue weighted by atomic mass is 10.00. The van der Waals surface area contributed by atoms with Crippen molar-refractivity contribution in [2.24, 2.45) is 17.6 Å². The SMILES string of the molecule is NC(=O)c1nn(CC(=O)N2[C@@H]3C[C@@H]3C[C@H]2C(=O)C[C@@H]2C[C@H]2c2ccccc2)c2ccccc12. The van der Waals surface area contributed by atoms with Gasteiger partial charge in [0.25, 0.3) is 5.91 Å². The first-order chi connectivity index (χ1) is 16.0. The average Bonchev–Trinajstić information content (AvgIpc) is 3.70. The van der Waals surface area contributed by atoms with Crippen LogP contribution in [0.4, 0.5) is 0 Å². The number of rotatable bonds is 7. The summed E-state index contributed by atoms with van der Waals surface area (Å²) in [5, 5.41) is 4.96. The highest BCUT2D eigenvalue weighted by atomic mass is 16.2. The van der Waals surface area contributed by atoms with E-state index in [1.165, 1.54) is 5.56 Å². The molecule has 3 aliphatic rings. The second-order valence-electron chi connectivity index (χ2n) is 9.69. The second-order valence-corrected chi connectivity index (χ2v) is 9.69. The van der Waals surface area contributed by atoms with E-state index in [1.54, 1.807) is 10.7 Å². The molecule has 2 N–H and O–H groups in total. The van der Waals surface area contributed by atoms with E-state index >= 15 is 0 Å². The number of ketones is 1. The minimum atomic E-state index is -0.619. The van der Waals surface area contributed by atoms with Crippen LogP contribution in [0.3, 0.4) is 0 Å². The van der Waals surface area contributed by atoms with Crippen molar-refractivity contribution >= 4 is 28.5 Å². The van der Waals surface area contributed by atoms with Crippen molar-refractivity contribution in [1.82, 2.24) is 14.7 Å². The van der Waals surface area contributed by atoms with E-state index in [0.29, 0.717) is 35.1 Å². The second kappa shape index (κ2) is 7.54. The molecule has 2 saturated carbocycles. The number of carbonyl (C=O) groups excluding carboxylic acids is 3. The van der Waals surface area contributed by atoms with Gasteiger partial charge in [-0.2, -0.15) is 5.10 Å². The molecule has 0 unspecified atom stereocenters. The molecule has 1 aromatic heterocycles. The van der Waals surface area contributed by atoms with Crippen molar-refractivity contribution in [3.05, 3.63) is 65.9 Å². The van der Waals surface area contributed by atoms with Crippen LogP contribution in [-0.4, -0.2) is 44.4 Å². The van der Waals surface area contributed by atoms with Gasteiger partial charge in [-0.1, -0.05) is 48.5 Å². The number of benzene rings is 2. The Balaban J connectivity index is 1.18. The molecule has 0 spiro atoms. The summed E-state index contributed by atoms with van der Waals surface area (Å²) < 4.78 is 1.54. The fraction of sp³-hybridized carbons (Fsp3) is 0.385. The molecule has 0 radical (unpaired) electrons. The van der Waals surface area contributed by atoms with Crippen molar-refractivity contribution in [1.29, 1.82) is 0 Å². The van der Waals surface area contributed by atoms with Gasteiger partial charge in [0.05, 0.1) is 11.6 Å². The number of aromatic nitrogens is 2. The fourth-order valence-corrected chi connectivity index (χ4v) is 5.72. The first-order valence-corrected chi connectivity index (χ1v) is 11.7. The van der Waals surface area contributed by atoms with Crippen molar-refractivity contribution in [3.8, 4) is 0 Å². The highest BCUT2D eigenvalue weighted by Gasteiger charge is 2.56. The van der Waals surface area contributed by atoms with Gasteiger partial charge < -0.3 is 10.6 Å². The maximum Gasteiger partial charge on any atom is 0.269 e. The summed E-state index contributed by atoms with van der Waals surface area (Å²) in [4.78, 5) is 40.2. The van der Waals surface area contributed by atoms with E-state index in [-0.39, 0.29) is 36.0 Å². The lowest BCUT2D eigenvalue weighted by molar-refractivity contribution is -0.139. The molecule has 3 aromatic rings. The number of fused-ring (bicyclic) bond motifs is 2. The molecule has 7 heteroatoms. The minimum Gasteiger partial charge on any atom is -0.364 e. The van der Waals surface area contributed by atoms with Crippen LogP contribution in [0.25, 0.3) is 10.9 Å². The summed E-state index contributed by atoms with van der Waals surface area (Å²) in [6.45, 7) is -0.00311. The van der Waals surface area contributed by atoms with Gasteiger partial charge in [-0.15, -0.1) is 0 Å². The summed E-state index contributed by atoms with van der Waals surface area (Å²) in [6.07, 6.45) is 3.31. The number of nitrogens with zero attached hydrogens (tertiary/aromatic N) is 3. The maximum atomic E-state index is 13.4. The van der Waals surface area contributed by atoms with Gasteiger partial charge in [0, 0.05) is 17.8 Å². The van der Waals surface area contributed by atoms with Crippen molar-refractivity contribution < 1.29 is 14.4 Å². The molecule has 5 atom stereocenters. The van der Waals surface area contributed by atoms with E-state index < -0.39 is 5.91 Å². The van der Waals surface area contributed by atoms with Crippen molar-refractivity contribution in [3.63, 3.8) is 0 Å². The van der Waals surface area contributed by atoms with Crippen LogP contribution in [-0.2, 0) is 16.1 Å². The molecule has 2 heterocycles. The Morgan fingerprint density at radius 2 is 1.73 bits per heavy atom. The van der Waals surface area contributed by atoms with Crippen molar-refractivity contribution in [2.75, 3.05) is 0 Å². The number of primary amides is 1. The topological polar surface area (TPSA) is 98.3 Å². The zero-order valence-electron chi connectivity index (χ0n) is 18.3. The van der Waals surface area contributed by atoms with Crippen molar-refractivity contribution in [2.45, 2.75) is 50.2 Å². The van der Waals surface area contributed by atoms with Gasteiger partial charge in [-0.3, -0.25) is 19.1 Å². The van der Waals surface area contributed by atoms with Crippen LogP contribution in [0.5, 0.6) is 0 Å². The van der Waals surface area contributed by atoms with E-state index in [1.807, 2.05) is 41.3 Å². The molecule has 2 aromatic carbocycles. The smallest absolute Gasteiger partial charge is 0.269 e. The van der Waals surface area contributed by atoms with Gasteiger partial charge in [0.2, 0.25) is 5.91 Å². The van der Waals surface area contributed by atoms with Gasteiger partial charge >= 0.3 is 0 Å². The largest absolute Gasteiger partial charge is 0.364 e. The first kappa shape index (κ1) is 20.1. The molecule has 7 nitrogen and oxygen atoms in total. The van der Waals surface area contributed by atoms with Crippen LogP contribution < -0.4 is 5.73 Å². The third-order valence-corrected chi connectivity index (χ3v) is 7.55. The standard InChI is InChI=1S/C26H26N4O3/c27-26(33)25-18-8-4-5-9-20(18)29(28-25)14-24(32)30-21-11-17(21)12-22(30)23(31)13-16-10-19(16)15-6-2-1-3-7-15/h1-9,16-17,19,21-22H,10-14H2,(H2,27,33)/t16-,17+,19-,21+,22-/m0/s1. The summed E-state index contributed by atoms with van der Waals surface area (Å²) in [5.41, 5.74) is 7.64. The van der Waals surface area contributed by atoms with Crippen LogP contribution >= 0.6 is 0 Å². The molecule has 2 amide bonds. The Labute approximate surface area is 191 Å². The van der Waals surface area contributed by atoms with Gasteiger partial charge in [-0.05, 0) is 48.6 Å². The third-order valence-electron chi connectivity index (χ3n) is 7.55. The van der Waals surface area contributed by atoms with Gasteiger partial charge in [0.15, 0.2) is 11.5 Å². The quantitative estimate of drug-likeness (QED) is 0.608. The molecule has 0 bridgehead atoms. The predicted octanol–water partition coefficient (Wildman–Crippen LogP) is 2.89. The molecular formula is C26H26N4O3. The average molecular weight is 443 g/mol. The number of amides is 2. The van der Waals surface area contributed by atoms with Crippen LogP contribution in [0, 0.1) is 11.8 Å². The number of likely N-dealkylation sites (tertiary alicyclic amines) is 1. The predicted molar refractivity (Wildman–Crippen MR) is 122 cm³/mol. The number of hydrogen-bond donors (Lipinski definition) is 1. The number of piperidine rings is 1. The normalized spacial score (nSPS) is 27.4. The Hall–Kier alpha value is -3.48. The lowest BCUT2D eigenvalue weighted by Crippen LogP contribution is -2.44. The third kappa shape index (κ3) is 3.52. The first-order valence-electron chi connectivity index (χ1n) is 11.7. The molecule has 168 valence electrons. The summed E-state index contributed by atoms with van der Waals surface area (Å²) in [5.74, 6) is 0.717. The molecule has 33 heavy (non-hydrogen) atoms. The van der Waals surface area contributed by atoms with Crippen LogP contribution in [0.15, 0.2) is 54.6 Å². The molecule has 3 fully saturated rings. The molecule has 1 saturated heterocycles. The zero-order chi connectivity index (χ0) is 22.7. The van der Waals surface area contributed by atoms with Crippen LogP contribution in [0.2, 0.25) is 0 Å². The number of hydrogen-bond acceptors (Lipinski definition) is 4. The molecule has 6 rings (SSSR count). The Bertz CT molecular complexity index is 1270. The van der Waals surface area contributed by atoms with E-state index in [9.17, 15) is 14.4 Å². The Kier molecular flexibility index (Phi) is 4.60. The number of carbonyl (C=O) groups is 3. The Morgan fingerprint density at radius 3 is 2.52 bits per heavy atom. The highest BCUT2D eigenvalue weighted by Crippen LogP contribution is 2.52. The monoisotopic (exact) mass is 442 g/mol. The summed E-state index contributed by atoms with van der Waals surface area (Å²) >= 11 is 0. The highest BCUT2D eigenvalue weighted by molar-refractivity contribution is 6.04. The number of nitrogens with two attached hydrogens (primary N) is 1. The molecule has 1 aliphatic heterocycles. The van der Waals surface area contributed by atoms with E-state index in [2.05, 4.69) is 17.2 Å². The number of Topliss-reactive ketones (excluding diaryl/α,β-unsaturated/α-hetero) is 1. The van der Waals surface area contributed by atoms with Gasteiger partial charge in [-0.25, -0.2) is 0 Å². The zero-order valence-corrected chi connectivity index (χ0v) is 18.3. The van der Waals surface area contributed by atoms with E-state index in [0.717, 1.165) is 19.3 Å². The fourth-order valence-electron chi connectivity index (χ4n) is 5.72. The summed E-state index contributed by atoms with van der Waals surface area (Å²) in [7, 11) is 0. The van der Waals surface area contributed by atoms with E-state index in [4.69, 9.17) is 5.73 Å². The minimum absolute atomic E-state index is 0.00311. The molecular weight excluding hydrogens is 416 g/mol. The lowest BCUT2D eigenvalue weighted by Gasteiger charge is -2.27. The molecule has 2 aliphatic carbocycles. The summed E-state index contributed by atoms with van der Waals surface area (Å²) in [6, 6.07) is 17.4. The van der Waals surface area contributed by atoms with Crippen LogP contribution in [0.1, 0.15) is 47.7 Å². The maximum absolute atomic E-state index is 13.4. The Morgan fingerprint density at radius 1 is 0.970 bits per heavy atom.